The summed E-state index contributed by atoms with van der Waals surface area (Å²) in [4.78, 5) is 38.3. The van der Waals surface area contributed by atoms with Gasteiger partial charge in [-0.15, -0.1) is 0 Å². The number of hydrogen-bond donors (Lipinski definition) is 2. The Morgan fingerprint density at radius 1 is 1.03 bits per heavy atom. The van der Waals surface area contributed by atoms with Gasteiger partial charge in [0.25, 0.3) is 0 Å². The van der Waals surface area contributed by atoms with Crippen molar-refractivity contribution in [3.05, 3.63) is 59.7 Å². The van der Waals surface area contributed by atoms with Crippen LogP contribution in [0.1, 0.15) is 49.1 Å². The van der Waals surface area contributed by atoms with Crippen LogP contribution in [0.4, 0.5) is 4.79 Å². The summed E-state index contributed by atoms with van der Waals surface area (Å²) in [5.74, 6) is -1.36. The highest BCUT2D eigenvalue weighted by atomic mass is 16.5. The van der Waals surface area contributed by atoms with Crippen LogP contribution < -0.4 is 5.32 Å². The number of hydrogen-bond acceptors (Lipinski definition) is 4. The molecule has 2 saturated carbocycles. The fraction of sp³-hybridized carbons (Fsp3) is 0.423. The molecule has 2 fully saturated rings. The Morgan fingerprint density at radius 3 is 2.21 bits per heavy atom. The standard InChI is InChI=1S/C26H28N2O5/c1-28(26(12-13-26)24(30)31)23(29)16-10-11-17(14-16)27-25(32)33-15-22-20-8-4-2-6-18(20)19-7-3-5-9-21(19)22/h2-9,16-17,22H,10-15H2,1H3,(H,27,32)(H,30,31). The van der Waals surface area contributed by atoms with Gasteiger partial charge in [0, 0.05) is 24.9 Å². The highest BCUT2D eigenvalue weighted by Crippen LogP contribution is 2.45. The van der Waals surface area contributed by atoms with Crippen molar-refractivity contribution in [3.8, 4) is 11.1 Å². The molecule has 0 bridgehead atoms. The predicted molar refractivity (Wildman–Crippen MR) is 122 cm³/mol. The summed E-state index contributed by atoms with van der Waals surface area (Å²) in [6, 6.07) is 16.2. The minimum Gasteiger partial charge on any atom is -0.479 e. The van der Waals surface area contributed by atoms with Gasteiger partial charge in [-0.3, -0.25) is 4.79 Å². The third-order valence-corrected chi connectivity index (χ3v) is 7.54. The first kappa shape index (κ1) is 21.5. The van der Waals surface area contributed by atoms with Crippen molar-refractivity contribution in [1.82, 2.24) is 10.2 Å². The number of alkyl carbamates (subject to hydrolysis) is 1. The Morgan fingerprint density at radius 2 is 1.64 bits per heavy atom. The number of carboxylic acid groups (broad SMARTS) is 1. The van der Waals surface area contributed by atoms with Crippen molar-refractivity contribution >= 4 is 18.0 Å². The summed E-state index contributed by atoms with van der Waals surface area (Å²) < 4.78 is 5.62. The van der Waals surface area contributed by atoms with Crippen LogP contribution in [0.3, 0.4) is 0 Å². The third kappa shape index (κ3) is 3.75. The van der Waals surface area contributed by atoms with E-state index < -0.39 is 17.6 Å². The lowest BCUT2D eigenvalue weighted by Gasteiger charge is -2.27. The molecule has 7 nitrogen and oxygen atoms in total. The fourth-order valence-corrected chi connectivity index (χ4v) is 5.44. The molecule has 2 N–H and O–H groups in total. The van der Waals surface area contributed by atoms with E-state index in [9.17, 15) is 19.5 Å². The lowest BCUT2D eigenvalue weighted by atomic mass is 9.98. The molecule has 0 saturated heterocycles. The zero-order chi connectivity index (χ0) is 23.2. The lowest BCUT2D eigenvalue weighted by Crippen LogP contribution is -2.47. The lowest BCUT2D eigenvalue weighted by molar-refractivity contribution is -0.152. The zero-order valence-corrected chi connectivity index (χ0v) is 18.6. The molecule has 2 atom stereocenters. The van der Waals surface area contributed by atoms with Gasteiger partial charge in [0.2, 0.25) is 5.91 Å². The number of likely N-dealkylation sites (N-methyl/N-ethyl adjacent to an activating group) is 1. The van der Waals surface area contributed by atoms with Gasteiger partial charge in [-0.2, -0.15) is 0 Å². The van der Waals surface area contributed by atoms with Crippen LogP contribution in [0.15, 0.2) is 48.5 Å². The Kier molecular flexibility index (Phi) is 5.35. The molecule has 0 aromatic heterocycles. The number of fused-ring (bicyclic) bond motifs is 3. The van der Waals surface area contributed by atoms with Gasteiger partial charge >= 0.3 is 12.1 Å². The normalized spacial score (nSPS) is 22.2. The molecule has 172 valence electrons. The number of nitrogens with one attached hydrogen (secondary N) is 1. The minimum absolute atomic E-state index is 0.000420. The first-order valence-corrected chi connectivity index (χ1v) is 11.5. The van der Waals surface area contributed by atoms with E-state index in [4.69, 9.17) is 4.74 Å². The molecular weight excluding hydrogens is 420 g/mol. The average Bonchev–Trinajstić information content (AvgIpc) is 3.41. The van der Waals surface area contributed by atoms with E-state index in [0.717, 1.165) is 11.1 Å². The largest absolute Gasteiger partial charge is 0.479 e. The number of carbonyl (C=O) groups is 3. The van der Waals surface area contributed by atoms with Crippen LogP contribution in [0, 0.1) is 5.92 Å². The number of carboxylic acids is 1. The highest BCUT2D eigenvalue weighted by Gasteiger charge is 2.56. The summed E-state index contributed by atoms with van der Waals surface area (Å²) in [6.07, 6.45) is 2.33. The zero-order valence-electron chi connectivity index (χ0n) is 18.6. The van der Waals surface area contributed by atoms with Gasteiger partial charge in [0.05, 0.1) is 0 Å². The highest BCUT2D eigenvalue weighted by molar-refractivity contribution is 5.90. The Bertz CT molecular complexity index is 1060. The van der Waals surface area contributed by atoms with Crippen molar-refractivity contribution in [3.63, 3.8) is 0 Å². The van der Waals surface area contributed by atoms with E-state index >= 15 is 0 Å². The number of nitrogens with zero attached hydrogens (tertiary/aromatic N) is 1. The van der Waals surface area contributed by atoms with Gasteiger partial charge in [-0.25, -0.2) is 9.59 Å². The number of ether oxygens (including phenoxy) is 1. The summed E-state index contributed by atoms with van der Waals surface area (Å²) in [7, 11) is 1.58. The first-order chi connectivity index (χ1) is 15.9. The molecule has 5 rings (SSSR count). The monoisotopic (exact) mass is 448 g/mol. The van der Waals surface area contributed by atoms with Crippen LogP contribution in [0.5, 0.6) is 0 Å². The van der Waals surface area contributed by atoms with Crippen LogP contribution in [-0.4, -0.2) is 53.2 Å². The van der Waals surface area contributed by atoms with E-state index in [0.29, 0.717) is 32.1 Å². The molecule has 0 heterocycles. The summed E-state index contributed by atoms with van der Waals surface area (Å²) in [5, 5.41) is 12.3. The molecule has 7 heteroatoms. The SMILES string of the molecule is CN(C(=O)C1CCC(NC(=O)OCC2c3ccccc3-c3ccccc32)C1)C1(C(=O)O)CC1. The molecule has 2 unspecified atom stereocenters. The minimum atomic E-state index is -1.03. The van der Waals surface area contributed by atoms with E-state index in [1.165, 1.54) is 16.0 Å². The second kappa shape index (κ2) is 8.21. The summed E-state index contributed by atoms with van der Waals surface area (Å²) in [5.41, 5.74) is 3.65. The smallest absolute Gasteiger partial charge is 0.407 e. The topological polar surface area (TPSA) is 95.9 Å². The molecular formula is C26H28N2O5. The maximum Gasteiger partial charge on any atom is 0.407 e. The van der Waals surface area contributed by atoms with E-state index in [-0.39, 0.29) is 30.4 Å². The van der Waals surface area contributed by atoms with Gasteiger partial charge in [0.15, 0.2) is 0 Å². The average molecular weight is 449 g/mol. The number of rotatable bonds is 6. The van der Waals surface area contributed by atoms with Crippen LogP contribution >= 0.6 is 0 Å². The summed E-state index contributed by atoms with van der Waals surface area (Å²) >= 11 is 0. The van der Waals surface area contributed by atoms with E-state index in [1.54, 1.807) is 7.05 Å². The molecule has 2 aromatic rings. The van der Waals surface area contributed by atoms with E-state index in [1.807, 2.05) is 24.3 Å². The van der Waals surface area contributed by atoms with Gasteiger partial charge < -0.3 is 20.1 Å². The maximum atomic E-state index is 12.8. The second-order valence-corrected chi connectivity index (χ2v) is 9.41. The molecule has 2 amide bonds. The predicted octanol–water partition coefficient (Wildman–Crippen LogP) is 3.77. The van der Waals surface area contributed by atoms with Crippen molar-refractivity contribution < 1.29 is 24.2 Å². The maximum absolute atomic E-state index is 12.8. The molecule has 2 aromatic carbocycles. The molecule has 3 aliphatic carbocycles. The first-order valence-electron chi connectivity index (χ1n) is 11.5. The van der Waals surface area contributed by atoms with Crippen LogP contribution in [0.2, 0.25) is 0 Å². The molecule has 0 aliphatic heterocycles. The summed E-state index contributed by atoms with van der Waals surface area (Å²) in [6.45, 7) is 0.249. The van der Waals surface area contributed by atoms with Crippen molar-refractivity contribution in [2.24, 2.45) is 5.92 Å². The second-order valence-electron chi connectivity index (χ2n) is 9.41. The third-order valence-electron chi connectivity index (χ3n) is 7.54. The van der Waals surface area contributed by atoms with Crippen LogP contribution in [0.25, 0.3) is 11.1 Å². The Labute approximate surface area is 192 Å². The van der Waals surface area contributed by atoms with Crippen molar-refractivity contribution in [2.45, 2.75) is 49.6 Å². The molecule has 33 heavy (non-hydrogen) atoms. The molecule has 0 radical (unpaired) electrons. The Balaban J connectivity index is 1.16. The number of aliphatic carboxylic acids is 1. The van der Waals surface area contributed by atoms with Gasteiger partial charge in [-0.1, -0.05) is 48.5 Å². The van der Waals surface area contributed by atoms with Crippen molar-refractivity contribution in [1.29, 1.82) is 0 Å². The van der Waals surface area contributed by atoms with Crippen LogP contribution in [-0.2, 0) is 14.3 Å². The number of benzene rings is 2. The Hall–Kier alpha value is -3.35. The fourth-order valence-electron chi connectivity index (χ4n) is 5.44. The molecule has 0 spiro atoms. The van der Waals surface area contributed by atoms with Gasteiger partial charge in [0.1, 0.15) is 12.1 Å². The molecule has 3 aliphatic rings. The number of carbonyl (C=O) groups excluding carboxylic acids is 2. The quantitative estimate of drug-likeness (QED) is 0.701. The van der Waals surface area contributed by atoms with E-state index in [2.05, 4.69) is 29.6 Å². The van der Waals surface area contributed by atoms with Crippen molar-refractivity contribution in [2.75, 3.05) is 13.7 Å². The number of amides is 2. The van der Waals surface area contributed by atoms with Gasteiger partial charge in [-0.05, 0) is 54.4 Å².